The predicted octanol–water partition coefficient (Wildman–Crippen LogP) is 2.00. The summed E-state index contributed by atoms with van der Waals surface area (Å²) >= 11 is 0. The summed E-state index contributed by atoms with van der Waals surface area (Å²) in [4.78, 5) is 2.59. The number of hydrogen-bond donors (Lipinski definition) is 1. The molecule has 0 saturated carbocycles. The van der Waals surface area contributed by atoms with E-state index in [2.05, 4.69) is 36.1 Å². The van der Waals surface area contributed by atoms with Crippen LogP contribution in [0.25, 0.3) is 0 Å². The number of likely N-dealkylation sites (tertiary alicyclic amines) is 1. The topological polar surface area (TPSA) is 33.1 Å². The van der Waals surface area contributed by atoms with Crippen LogP contribution in [0.5, 0.6) is 0 Å². The lowest BCUT2D eigenvalue weighted by Crippen LogP contribution is -2.41. The van der Waals surface area contributed by atoms with Crippen LogP contribution in [-0.4, -0.2) is 40.4 Å². The fraction of sp³-hybridized carbons (Fsp3) is 0.800. The van der Waals surface area contributed by atoms with Gasteiger partial charge in [0.15, 0.2) is 0 Å². The molecule has 1 aromatic heterocycles. The maximum Gasteiger partial charge on any atom is 0.0641 e. The molecule has 0 bridgehead atoms. The molecule has 108 valence electrons. The molecule has 1 fully saturated rings. The lowest BCUT2D eigenvalue weighted by molar-refractivity contribution is 0.209. The van der Waals surface area contributed by atoms with Gasteiger partial charge >= 0.3 is 0 Å². The molecule has 1 N–H and O–H groups in total. The Balaban J connectivity index is 1.80. The van der Waals surface area contributed by atoms with Crippen molar-refractivity contribution in [2.45, 2.75) is 52.6 Å². The Bertz CT molecular complexity index is 405. The van der Waals surface area contributed by atoms with Crippen LogP contribution in [0.3, 0.4) is 0 Å². The summed E-state index contributed by atoms with van der Waals surface area (Å²) in [5, 5.41) is 8.12. The summed E-state index contributed by atoms with van der Waals surface area (Å²) < 4.78 is 1.97. The lowest BCUT2D eigenvalue weighted by Gasteiger charge is -2.29. The summed E-state index contributed by atoms with van der Waals surface area (Å²) in [7, 11) is 2.02. The Morgan fingerprint density at radius 2 is 1.89 bits per heavy atom. The van der Waals surface area contributed by atoms with Crippen LogP contribution < -0.4 is 5.32 Å². The number of rotatable bonds is 5. The standard InChI is InChI=1S/C15H28N4/c1-12(11-19-8-6-5-7-9-19)16-10-15-13(2)17-18(4)14(15)3/h12,16H,5-11H2,1-4H3. The first-order valence-corrected chi connectivity index (χ1v) is 7.52. The minimum absolute atomic E-state index is 0.539. The number of nitrogens with zero attached hydrogens (tertiary/aromatic N) is 3. The molecule has 0 aromatic carbocycles. The first-order valence-electron chi connectivity index (χ1n) is 7.52. The molecule has 1 saturated heterocycles. The molecule has 0 aliphatic carbocycles. The highest BCUT2D eigenvalue weighted by Crippen LogP contribution is 2.12. The van der Waals surface area contributed by atoms with Crippen LogP contribution in [0.15, 0.2) is 0 Å². The van der Waals surface area contributed by atoms with Gasteiger partial charge in [-0.15, -0.1) is 0 Å². The van der Waals surface area contributed by atoms with Crippen molar-refractivity contribution in [2.24, 2.45) is 7.05 Å². The van der Waals surface area contributed by atoms with E-state index in [1.54, 1.807) is 0 Å². The van der Waals surface area contributed by atoms with Gasteiger partial charge in [-0.25, -0.2) is 0 Å². The van der Waals surface area contributed by atoms with E-state index >= 15 is 0 Å². The minimum Gasteiger partial charge on any atom is -0.309 e. The second-order valence-electron chi connectivity index (χ2n) is 5.92. The SMILES string of the molecule is Cc1nn(C)c(C)c1CNC(C)CN1CCCCC1. The fourth-order valence-corrected chi connectivity index (χ4v) is 2.94. The minimum atomic E-state index is 0.539. The van der Waals surface area contributed by atoms with Crippen molar-refractivity contribution < 1.29 is 0 Å². The third-order valence-corrected chi connectivity index (χ3v) is 4.27. The van der Waals surface area contributed by atoms with Crippen molar-refractivity contribution in [1.82, 2.24) is 20.0 Å². The molecule has 1 aliphatic heterocycles. The highest BCUT2D eigenvalue weighted by atomic mass is 15.3. The highest BCUT2D eigenvalue weighted by Gasteiger charge is 2.14. The second-order valence-corrected chi connectivity index (χ2v) is 5.92. The van der Waals surface area contributed by atoms with Crippen molar-refractivity contribution in [1.29, 1.82) is 0 Å². The maximum absolute atomic E-state index is 4.47. The second kappa shape index (κ2) is 6.53. The van der Waals surface area contributed by atoms with Gasteiger partial charge in [-0.1, -0.05) is 6.42 Å². The van der Waals surface area contributed by atoms with Crippen molar-refractivity contribution in [3.05, 3.63) is 17.0 Å². The Morgan fingerprint density at radius 1 is 1.21 bits per heavy atom. The van der Waals surface area contributed by atoms with E-state index in [0.717, 1.165) is 12.2 Å². The molecule has 4 nitrogen and oxygen atoms in total. The van der Waals surface area contributed by atoms with E-state index in [1.165, 1.54) is 50.2 Å². The number of piperidine rings is 1. The van der Waals surface area contributed by atoms with Crippen LogP contribution in [-0.2, 0) is 13.6 Å². The first-order chi connectivity index (χ1) is 9.08. The van der Waals surface area contributed by atoms with E-state index < -0.39 is 0 Å². The van der Waals surface area contributed by atoms with E-state index in [4.69, 9.17) is 0 Å². The van der Waals surface area contributed by atoms with Gasteiger partial charge in [0.2, 0.25) is 0 Å². The molecule has 2 heterocycles. The number of nitrogens with one attached hydrogen (secondary N) is 1. The normalized spacial score (nSPS) is 18.7. The molecule has 4 heteroatoms. The zero-order valence-electron chi connectivity index (χ0n) is 12.9. The molecule has 0 spiro atoms. The summed E-state index contributed by atoms with van der Waals surface area (Å²) in [6, 6.07) is 0.539. The van der Waals surface area contributed by atoms with Gasteiger partial charge in [-0.2, -0.15) is 5.10 Å². The molecule has 19 heavy (non-hydrogen) atoms. The quantitative estimate of drug-likeness (QED) is 0.883. The van der Waals surface area contributed by atoms with Crippen LogP contribution in [0, 0.1) is 13.8 Å². The number of aromatic nitrogens is 2. The summed E-state index contributed by atoms with van der Waals surface area (Å²) in [5.74, 6) is 0. The molecule has 0 amide bonds. The third kappa shape index (κ3) is 3.80. The predicted molar refractivity (Wildman–Crippen MR) is 79.3 cm³/mol. The van der Waals surface area contributed by atoms with E-state index in [9.17, 15) is 0 Å². The molecule has 0 radical (unpaired) electrons. The molecular formula is C15H28N4. The smallest absolute Gasteiger partial charge is 0.0641 e. The summed E-state index contributed by atoms with van der Waals surface area (Å²) in [5.41, 5.74) is 3.78. The fourth-order valence-electron chi connectivity index (χ4n) is 2.94. The van der Waals surface area contributed by atoms with Crippen molar-refractivity contribution in [3.63, 3.8) is 0 Å². The summed E-state index contributed by atoms with van der Waals surface area (Å²) in [6.45, 7) is 11.2. The first kappa shape index (κ1) is 14.5. The Labute approximate surface area is 117 Å². The number of aryl methyl sites for hydroxylation is 2. The van der Waals surface area contributed by atoms with Gasteiger partial charge in [0.1, 0.15) is 0 Å². The zero-order chi connectivity index (χ0) is 13.8. The molecule has 1 aromatic rings. The largest absolute Gasteiger partial charge is 0.309 e. The molecule has 1 aliphatic rings. The van der Waals surface area contributed by atoms with Gasteiger partial charge in [0.25, 0.3) is 0 Å². The van der Waals surface area contributed by atoms with Crippen LogP contribution >= 0.6 is 0 Å². The van der Waals surface area contributed by atoms with Crippen LogP contribution in [0.4, 0.5) is 0 Å². The van der Waals surface area contributed by atoms with Gasteiger partial charge in [-0.05, 0) is 46.7 Å². The third-order valence-electron chi connectivity index (χ3n) is 4.27. The average Bonchev–Trinajstić information content (AvgIpc) is 2.62. The van der Waals surface area contributed by atoms with Crippen molar-refractivity contribution in [3.8, 4) is 0 Å². The van der Waals surface area contributed by atoms with Gasteiger partial charge in [0, 0.05) is 37.4 Å². The summed E-state index contributed by atoms with van der Waals surface area (Å²) in [6.07, 6.45) is 4.15. The average molecular weight is 264 g/mol. The molecule has 2 rings (SSSR count). The zero-order valence-corrected chi connectivity index (χ0v) is 12.9. The molecular weight excluding hydrogens is 236 g/mol. The van der Waals surface area contributed by atoms with E-state index in [0.29, 0.717) is 6.04 Å². The Hall–Kier alpha value is -0.870. The van der Waals surface area contributed by atoms with Gasteiger partial charge < -0.3 is 10.2 Å². The Morgan fingerprint density at radius 3 is 2.47 bits per heavy atom. The van der Waals surface area contributed by atoms with Gasteiger partial charge in [0.05, 0.1) is 5.69 Å². The maximum atomic E-state index is 4.47. The molecule has 1 unspecified atom stereocenters. The van der Waals surface area contributed by atoms with Gasteiger partial charge in [-0.3, -0.25) is 4.68 Å². The van der Waals surface area contributed by atoms with E-state index in [-0.39, 0.29) is 0 Å². The monoisotopic (exact) mass is 264 g/mol. The van der Waals surface area contributed by atoms with E-state index in [1.807, 2.05) is 11.7 Å². The van der Waals surface area contributed by atoms with Crippen LogP contribution in [0.1, 0.15) is 43.1 Å². The lowest BCUT2D eigenvalue weighted by atomic mass is 10.1. The Kier molecular flexibility index (Phi) is 4.99. The number of hydrogen-bond acceptors (Lipinski definition) is 3. The van der Waals surface area contributed by atoms with Crippen LogP contribution in [0.2, 0.25) is 0 Å². The molecule has 1 atom stereocenters. The van der Waals surface area contributed by atoms with Crippen molar-refractivity contribution >= 4 is 0 Å². The van der Waals surface area contributed by atoms with Crippen molar-refractivity contribution in [2.75, 3.05) is 19.6 Å². The highest BCUT2D eigenvalue weighted by molar-refractivity contribution is 5.24.